The Morgan fingerprint density at radius 1 is 1.29 bits per heavy atom. The van der Waals surface area contributed by atoms with E-state index < -0.39 is 0 Å². The summed E-state index contributed by atoms with van der Waals surface area (Å²) in [5.74, 6) is 1.50. The van der Waals surface area contributed by atoms with E-state index >= 15 is 0 Å². The Morgan fingerprint density at radius 2 is 2.00 bits per heavy atom. The highest BCUT2D eigenvalue weighted by Gasteiger charge is 2.27. The van der Waals surface area contributed by atoms with Gasteiger partial charge in [-0.15, -0.1) is 0 Å². The first-order chi connectivity index (χ1) is 10.2. The van der Waals surface area contributed by atoms with Gasteiger partial charge in [-0.1, -0.05) is 44.7 Å². The smallest absolute Gasteiger partial charge is 0.137 e. The van der Waals surface area contributed by atoms with Gasteiger partial charge in [0.15, 0.2) is 0 Å². The lowest BCUT2D eigenvalue weighted by Gasteiger charge is -2.34. The molecule has 1 aliphatic rings. The first-order valence-corrected chi connectivity index (χ1v) is 9.05. The number of nitrogens with one attached hydrogen (secondary N) is 1. The third-order valence-electron chi connectivity index (χ3n) is 5.00. The largest absolute Gasteiger partial charge is 0.316 e. The molecule has 0 aliphatic heterocycles. The van der Waals surface area contributed by atoms with Crippen LogP contribution >= 0.6 is 15.9 Å². The van der Waals surface area contributed by atoms with E-state index in [4.69, 9.17) is 0 Å². The molecule has 1 unspecified atom stereocenters. The molecule has 0 saturated heterocycles. The molecule has 0 bridgehead atoms. The summed E-state index contributed by atoms with van der Waals surface area (Å²) in [6.07, 6.45) is 8.93. The zero-order valence-electron chi connectivity index (χ0n) is 13.2. The van der Waals surface area contributed by atoms with Crippen molar-refractivity contribution in [2.75, 3.05) is 7.05 Å². The van der Waals surface area contributed by atoms with Crippen molar-refractivity contribution in [3.63, 3.8) is 0 Å². The quantitative estimate of drug-likeness (QED) is 0.727. The highest BCUT2D eigenvalue weighted by molar-refractivity contribution is 9.10. The fourth-order valence-corrected chi connectivity index (χ4v) is 4.16. The second-order valence-electron chi connectivity index (χ2n) is 6.38. The maximum absolute atomic E-state index is 13.6. The van der Waals surface area contributed by atoms with Crippen LogP contribution in [0.4, 0.5) is 4.39 Å². The molecule has 1 N–H and O–H groups in total. The van der Waals surface area contributed by atoms with Gasteiger partial charge in [0.1, 0.15) is 5.82 Å². The molecule has 1 aromatic rings. The summed E-state index contributed by atoms with van der Waals surface area (Å²) in [6, 6.07) is 5.80. The third-order valence-corrected chi connectivity index (χ3v) is 5.89. The van der Waals surface area contributed by atoms with Gasteiger partial charge in [-0.2, -0.15) is 0 Å². The molecule has 1 atom stereocenters. The van der Waals surface area contributed by atoms with Crippen LogP contribution in [-0.2, 0) is 6.42 Å². The zero-order valence-corrected chi connectivity index (χ0v) is 14.8. The van der Waals surface area contributed by atoms with Gasteiger partial charge in [0.2, 0.25) is 0 Å². The molecule has 118 valence electrons. The molecular formula is C18H27BrFN. The topological polar surface area (TPSA) is 12.0 Å². The average molecular weight is 356 g/mol. The van der Waals surface area contributed by atoms with E-state index in [-0.39, 0.29) is 5.82 Å². The molecule has 1 saturated carbocycles. The lowest BCUT2D eigenvalue weighted by molar-refractivity contribution is 0.217. The molecule has 0 radical (unpaired) electrons. The predicted molar refractivity (Wildman–Crippen MR) is 91.0 cm³/mol. The van der Waals surface area contributed by atoms with E-state index in [0.29, 0.717) is 10.5 Å². The van der Waals surface area contributed by atoms with E-state index in [1.807, 2.05) is 13.1 Å². The van der Waals surface area contributed by atoms with Gasteiger partial charge in [0.25, 0.3) is 0 Å². The second-order valence-corrected chi connectivity index (χ2v) is 7.17. The minimum absolute atomic E-state index is 0.158. The van der Waals surface area contributed by atoms with Gasteiger partial charge in [0, 0.05) is 6.04 Å². The Hall–Kier alpha value is -0.410. The van der Waals surface area contributed by atoms with E-state index in [2.05, 4.69) is 28.2 Å². The summed E-state index contributed by atoms with van der Waals surface area (Å²) >= 11 is 3.39. The van der Waals surface area contributed by atoms with E-state index in [9.17, 15) is 4.39 Å². The van der Waals surface area contributed by atoms with E-state index in [0.717, 1.165) is 23.8 Å². The molecule has 0 amide bonds. The highest BCUT2D eigenvalue weighted by atomic mass is 79.9. The van der Waals surface area contributed by atoms with Gasteiger partial charge < -0.3 is 5.32 Å². The van der Waals surface area contributed by atoms with Gasteiger partial charge in [-0.25, -0.2) is 4.39 Å². The standard InChI is InChI=1S/C18H27BrFN/c1-3-5-13-8-10-14(11-9-13)17(21-2)12-15-6-4-7-16(20)18(15)19/h4,6-7,13-14,17,21H,3,5,8-12H2,1-2H3. The first-order valence-electron chi connectivity index (χ1n) is 8.25. The molecule has 21 heavy (non-hydrogen) atoms. The first kappa shape index (κ1) is 17.0. The van der Waals surface area contributed by atoms with Crippen molar-refractivity contribution in [1.29, 1.82) is 0 Å². The van der Waals surface area contributed by atoms with Crippen LogP contribution in [0, 0.1) is 17.7 Å². The lowest BCUT2D eigenvalue weighted by atomic mass is 9.76. The predicted octanol–water partition coefficient (Wildman–Crippen LogP) is 5.33. The van der Waals surface area contributed by atoms with Gasteiger partial charge >= 0.3 is 0 Å². The summed E-state index contributed by atoms with van der Waals surface area (Å²) in [4.78, 5) is 0. The number of benzene rings is 1. The van der Waals surface area contributed by atoms with Gasteiger partial charge in [-0.3, -0.25) is 0 Å². The van der Waals surface area contributed by atoms with E-state index in [1.54, 1.807) is 6.07 Å². The Balaban J connectivity index is 1.96. The van der Waals surface area contributed by atoms with Crippen LogP contribution in [0.3, 0.4) is 0 Å². The van der Waals surface area contributed by atoms with Crippen LogP contribution in [0.25, 0.3) is 0 Å². The maximum atomic E-state index is 13.6. The molecule has 1 nitrogen and oxygen atoms in total. The van der Waals surface area contributed by atoms with Crippen LogP contribution in [0.2, 0.25) is 0 Å². The molecule has 0 spiro atoms. The van der Waals surface area contributed by atoms with Crippen molar-refractivity contribution in [1.82, 2.24) is 5.32 Å². The van der Waals surface area contributed by atoms with Crippen LogP contribution in [0.15, 0.2) is 22.7 Å². The number of halogens is 2. The Kier molecular flexibility index (Phi) is 6.69. The van der Waals surface area contributed by atoms with Crippen LogP contribution in [0.5, 0.6) is 0 Å². The summed E-state index contributed by atoms with van der Waals surface area (Å²) in [6.45, 7) is 2.28. The zero-order chi connectivity index (χ0) is 15.2. The fraction of sp³-hybridized carbons (Fsp3) is 0.667. The Bertz CT molecular complexity index is 441. The number of hydrogen-bond donors (Lipinski definition) is 1. The average Bonchev–Trinajstić information content (AvgIpc) is 2.50. The number of likely N-dealkylation sites (N-methyl/N-ethyl adjacent to an activating group) is 1. The molecule has 1 fully saturated rings. The Morgan fingerprint density at radius 3 is 2.62 bits per heavy atom. The van der Waals surface area contributed by atoms with E-state index in [1.165, 1.54) is 44.6 Å². The van der Waals surface area contributed by atoms with Crippen molar-refractivity contribution in [3.05, 3.63) is 34.1 Å². The van der Waals surface area contributed by atoms with Crippen LogP contribution in [-0.4, -0.2) is 13.1 Å². The summed E-state index contributed by atoms with van der Waals surface area (Å²) in [5.41, 5.74) is 1.07. The highest BCUT2D eigenvalue weighted by Crippen LogP contribution is 2.34. The normalized spacial score (nSPS) is 24.0. The Labute approximate surface area is 136 Å². The second kappa shape index (κ2) is 8.28. The molecular weight excluding hydrogens is 329 g/mol. The molecule has 0 heterocycles. The minimum Gasteiger partial charge on any atom is -0.316 e. The van der Waals surface area contributed by atoms with Crippen molar-refractivity contribution >= 4 is 15.9 Å². The fourth-order valence-electron chi connectivity index (χ4n) is 3.73. The summed E-state index contributed by atoms with van der Waals surface area (Å²) in [7, 11) is 2.04. The van der Waals surface area contributed by atoms with Gasteiger partial charge in [0.05, 0.1) is 4.47 Å². The van der Waals surface area contributed by atoms with Crippen molar-refractivity contribution < 1.29 is 4.39 Å². The number of rotatable bonds is 6. The molecule has 2 rings (SSSR count). The molecule has 3 heteroatoms. The molecule has 0 aromatic heterocycles. The number of hydrogen-bond acceptors (Lipinski definition) is 1. The van der Waals surface area contributed by atoms with Crippen molar-refractivity contribution in [2.45, 2.75) is 57.9 Å². The van der Waals surface area contributed by atoms with Crippen molar-refractivity contribution in [3.8, 4) is 0 Å². The monoisotopic (exact) mass is 355 g/mol. The van der Waals surface area contributed by atoms with Crippen molar-refractivity contribution in [2.24, 2.45) is 11.8 Å². The summed E-state index contributed by atoms with van der Waals surface area (Å²) < 4.78 is 14.3. The summed E-state index contributed by atoms with van der Waals surface area (Å²) in [5, 5.41) is 3.47. The minimum atomic E-state index is -0.158. The lowest BCUT2D eigenvalue weighted by Crippen LogP contribution is -2.37. The molecule has 1 aliphatic carbocycles. The van der Waals surface area contributed by atoms with Crippen LogP contribution < -0.4 is 5.32 Å². The SMILES string of the molecule is CCCC1CCC(C(Cc2cccc(F)c2Br)NC)CC1. The molecule has 1 aromatic carbocycles. The third kappa shape index (κ3) is 4.53. The maximum Gasteiger partial charge on any atom is 0.137 e. The van der Waals surface area contributed by atoms with Gasteiger partial charge in [-0.05, 0) is 65.7 Å². The van der Waals surface area contributed by atoms with Crippen LogP contribution in [0.1, 0.15) is 51.0 Å².